The topological polar surface area (TPSA) is 44.4 Å². The first kappa shape index (κ1) is 15.3. The second-order valence-electron chi connectivity index (χ2n) is 6.14. The molecule has 2 unspecified atom stereocenters. The number of terminal acetylenes is 1. The minimum atomic E-state index is -0.472. The van der Waals surface area contributed by atoms with Gasteiger partial charge in [0.05, 0.1) is 6.54 Å². The zero-order chi connectivity index (χ0) is 14.6. The molecule has 0 radical (unpaired) electrons. The van der Waals surface area contributed by atoms with Crippen LogP contribution in [0.2, 0.25) is 0 Å². The van der Waals surface area contributed by atoms with Gasteiger partial charge in [-0.05, 0) is 32.1 Å². The van der Waals surface area contributed by atoms with Gasteiger partial charge in [0.15, 0.2) is 0 Å². The molecule has 112 valence electrons. The largest absolute Gasteiger partial charge is 0.339 e. The molecule has 2 aliphatic heterocycles. The Morgan fingerprint density at radius 3 is 2.70 bits per heavy atom. The lowest BCUT2D eigenvalue weighted by Gasteiger charge is -2.29. The van der Waals surface area contributed by atoms with E-state index in [0.29, 0.717) is 18.6 Å². The predicted molar refractivity (Wildman–Crippen MR) is 81.3 cm³/mol. The molecule has 4 heteroatoms. The van der Waals surface area contributed by atoms with Crippen LogP contribution in [0.1, 0.15) is 46.0 Å². The number of rotatable bonds is 5. The lowest BCUT2D eigenvalue weighted by Crippen LogP contribution is -2.50. The first-order valence-electron chi connectivity index (χ1n) is 7.88. The molecule has 0 aromatic carbocycles. The highest BCUT2D eigenvalue weighted by molar-refractivity contribution is 5.79. The Morgan fingerprint density at radius 2 is 2.05 bits per heavy atom. The molecule has 0 aromatic rings. The number of nitrogens with zero attached hydrogens (tertiary/aromatic N) is 1. The fourth-order valence-corrected chi connectivity index (χ4v) is 3.34. The molecule has 20 heavy (non-hydrogen) atoms. The zero-order valence-corrected chi connectivity index (χ0v) is 12.7. The number of amides is 1. The van der Waals surface area contributed by atoms with Gasteiger partial charge in [-0.1, -0.05) is 19.8 Å². The summed E-state index contributed by atoms with van der Waals surface area (Å²) in [5, 5.41) is 6.69. The van der Waals surface area contributed by atoms with Crippen LogP contribution in [0, 0.1) is 12.3 Å². The maximum atomic E-state index is 12.3. The molecule has 0 saturated carbocycles. The lowest BCUT2D eigenvalue weighted by atomic mass is 9.94. The molecular weight excluding hydrogens is 250 g/mol. The Kier molecular flexibility index (Phi) is 5.06. The van der Waals surface area contributed by atoms with Gasteiger partial charge in [0, 0.05) is 25.2 Å². The van der Waals surface area contributed by atoms with Crippen LogP contribution in [0.3, 0.4) is 0 Å². The highest BCUT2D eigenvalue weighted by atomic mass is 16.2. The zero-order valence-electron chi connectivity index (χ0n) is 12.7. The fraction of sp³-hybridized carbons (Fsp3) is 0.812. The van der Waals surface area contributed by atoms with E-state index >= 15 is 0 Å². The highest BCUT2D eigenvalue weighted by Crippen LogP contribution is 2.20. The normalized spacial score (nSPS) is 26.9. The van der Waals surface area contributed by atoms with E-state index in [4.69, 9.17) is 6.42 Å². The molecule has 2 N–H and O–H groups in total. The van der Waals surface area contributed by atoms with Crippen molar-refractivity contribution in [3.8, 4) is 12.3 Å². The minimum absolute atomic E-state index is 0.0597. The molecule has 2 rings (SSSR count). The number of nitrogens with one attached hydrogen (secondary N) is 2. The Bertz CT molecular complexity index is 384. The first-order valence-corrected chi connectivity index (χ1v) is 7.88. The van der Waals surface area contributed by atoms with Gasteiger partial charge in [-0.2, -0.15) is 0 Å². The van der Waals surface area contributed by atoms with Crippen molar-refractivity contribution in [1.29, 1.82) is 0 Å². The van der Waals surface area contributed by atoms with Gasteiger partial charge < -0.3 is 10.6 Å². The molecule has 2 heterocycles. The van der Waals surface area contributed by atoms with E-state index in [1.165, 1.54) is 12.8 Å². The van der Waals surface area contributed by atoms with Crippen LogP contribution in [-0.2, 0) is 4.79 Å². The second kappa shape index (κ2) is 6.60. The summed E-state index contributed by atoms with van der Waals surface area (Å²) in [4.78, 5) is 14.5. The maximum absolute atomic E-state index is 12.3. The Labute approximate surface area is 122 Å². The van der Waals surface area contributed by atoms with Crippen LogP contribution >= 0.6 is 0 Å². The molecule has 0 aliphatic carbocycles. The van der Waals surface area contributed by atoms with Crippen LogP contribution in [0.25, 0.3) is 0 Å². The molecule has 1 amide bonds. The molecular formula is C16H27N3O. The lowest BCUT2D eigenvalue weighted by molar-refractivity contribution is -0.123. The number of carbonyl (C=O) groups excluding carboxylic acids is 1. The average Bonchev–Trinajstić information content (AvgIpc) is 2.79. The smallest absolute Gasteiger partial charge is 0.235 e. The molecule has 2 atom stereocenters. The van der Waals surface area contributed by atoms with E-state index in [1.807, 2.05) is 13.8 Å². The van der Waals surface area contributed by atoms with E-state index in [-0.39, 0.29) is 5.91 Å². The van der Waals surface area contributed by atoms with E-state index in [2.05, 4.69) is 21.5 Å². The third-order valence-corrected chi connectivity index (χ3v) is 4.84. The Balaban J connectivity index is 1.86. The minimum Gasteiger partial charge on any atom is -0.339 e. The van der Waals surface area contributed by atoms with Crippen molar-refractivity contribution in [2.24, 2.45) is 0 Å². The van der Waals surface area contributed by atoms with Crippen LogP contribution in [0.15, 0.2) is 0 Å². The Morgan fingerprint density at radius 1 is 1.35 bits per heavy atom. The van der Waals surface area contributed by atoms with E-state index < -0.39 is 5.54 Å². The summed E-state index contributed by atoms with van der Waals surface area (Å²) in [6, 6.07) is 1.22. The van der Waals surface area contributed by atoms with Crippen LogP contribution < -0.4 is 10.6 Å². The second-order valence-corrected chi connectivity index (χ2v) is 6.14. The number of fused-ring (bicyclic) bond motifs is 2. The summed E-state index contributed by atoms with van der Waals surface area (Å²) in [7, 11) is 0. The predicted octanol–water partition coefficient (Wildman–Crippen LogP) is 1.12. The fourth-order valence-electron chi connectivity index (χ4n) is 3.34. The monoisotopic (exact) mass is 277 g/mol. The number of hydrogen-bond acceptors (Lipinski definition) is 3. The summed E-state index contributed by atoms with van der Waals surface area (Å²) in [5.74, 6) is 2.82. The van der Waals surface area contributed by atoms with Crippen LogP contribution in [-0.4, -0.2) is 48.1 Å². The number of hydrogen-bond donors (Lipinski definition) is 2. The number of likely N-dealkylation sites (tertiary alicyclic amines) is 1. The molecule has 2 saturated heterocycles. The third kappa shape index (κ3) is 3.53. The standard InChI is InChI=1S/C16H27N3O/c1-4-16(5-2,6-3)18-15(20)12-19-10-9-13-7-8-14(11-19)17-13/h1,13-14,17H,5-12H2,2-3H3,(H,18,20). The van der Waals surface area contributed by atoms with Crippen molar-refractivity contribution >= 4 is 5.91 Å². The van der Waals surface area contributed by atoms with Crippen molar-refractivity contribution in [2.75, 3.05) is 19.6 Å². The van der Waals surface area contributed by atoms with Crippen molar-refractivity contribution in [3.63, 3.8) is 0 Å². The van der Waals surface area contributed by atoms with Crippen molar-refractivity contribution in [3.05, 3.63) is 0 Å². The van der Waals surface area contributed by atoms with Gasteiger partial charge in [0.2, 0.25) is 5.91 Å². The van der Waals surface area contributed by atoms with Gasteiger partial charge in [0.1, 0.15) is 5.54 Å². The van der Waals surface area contributed by atoms with Gasteiger partial charge in [-0.15, -0.1) is 6.42 Å². The van der Waals surface area contributed by atoms with Gasteiger partial charge in [-0.3, -0.25) is 9.69 Å². The first-order chi connectivity index (χ1) is 9.60. The van der Waals surface area contributed by atoms with Crippen LogP contribution in [0.4, 0.5) is 0 Å². The summed E-state index contributed by atoms with van der Waals surface area (Å²) >= 11 is 0. The molecule has 2 aliphatic rings. The Hall–Kier alpha value is -1.05. The quantitative estimate of drug-likeness (QED) is 0.740. The summed E-state index contributed by atoms with van der Waals surface area (Å²) in [5.41, 5.74) is -0.472. The molecule has 2 fully saturated rings. The molecule has 2 bridgehead atoms. The summed E-state index contributed by atoms with van der Waals surface area (Å²) in [6.07, 6.45) is 10.8. The van der Waals surface area contributed by atoms with E-state index in [0.717, 1.165) is 32.4 Å². The van der Waals surface area contributed by atoms with Gasteiger partial charge in [0.25, 0.3) is 0 Å². The molecule has 4 nitrogen and oxygen atoms in total. The van der Waals surface area contributed by atoms with Crippen molar-refractivity contribution in [1.82, 2.24) is 15.5 Å². The number of carbonyl (C=O) groups is 1. The van der Waals surface area contributed by atoms with Crippen molar-refractivity contribution < 1.29 is 4.79 Å². The SMILES string of the molecule is C#CC(CC)(CC)NC(=O)CN1CCC2CCC(C1)N2. The van der Waals surface area contributed by atoms with Crippen LogP contribution in [0.5, 0.6) is 0 Å². The third-order valence-electron chi connectivity index (χ3n) is 4.84. The van der Waals surface area contributed by atoms with Gasteiger partial charge in [-0.25, -0.2) is 0 Å². The molecule has 0 aromatic heterocycles. The maximum Gasteiger partial charge on any atom is 0.235 e. The van der Waals surface area contributed by atoms with E-state index in [1.54, 1.807) is 0 Å². The average molecular weight is 277 g/mol. The highest BCUT2D eigenvalue weighted by Gasteiger charge is 2.31. The summed E-state index contributed by atoms with van der Waals surface area (Å²) in [6.45, 7) is 6.50. The molecule has 0 spiro atoms. The van der Waals surface area contributed by atoms with E-state index in [9.17, 15) is 4.79 Å². The summed E-state index contributed by atoms with van der Waals surface area (Å²) < 4.78 is 0. The van der Waals surface area contributed by atoms with Crippen molar-refractivity contribution in [2.45, 2.75) is 63.6 Å². The van der Waals surface area contributed by atoms with Gasteiger partial charge >= 0.3 is 0 Å².